The summed E-state index contributed by atoms with van der Waals surface area (Å²) in [7, 11) is 0. The van der Waals surface area contributed by atoms with Gasteiger partial charge in [-0.1, -0.05) is 17.8 Å². The van der Waals surface area contributed by atoms with E-state index in [1.165, 1.54) is 6.08 Å². The average Bonchev–Trinajstić information content (AvgIpc) is 2.29. The van der Waals surface area contributed by atoms with Crippen molar-refractivity contribution in [2.45, 2.75) is 37.9 Å². The van der Waals surface area contributed by atoms with Crippen LogP contribution in [0.5, 0.6) is 5.88 Å². The van der Waals surface area contributed by atoms with Crippen molar-refractivity contribution in [3.63, 3.8) is 0 Å². The topological polar surface area (TPSA) is 95.1 Å². The molecule has 0 bridgehead atoms. The van der Waals surface area contributed by atoms with Gasteiger partial charge in [0, 0.05) is 12.0 Å². The fourth-order valence-electron chi connectivity index (χ4n) is 1.45. The summed E-state index contributed by atoms with van der Waals surface area (Å²) >= 11 is 1.06. The summed E-state index contributed by atoms with van der Waals surface area (Å²) < 4.78 is 0. The number of amides is 1. The second kappa shape index (κ2) is 6.60. The van der Waals surface area contributed by atoms with E-state index in [9.17, 15) is 14.7 Å². The van der Waals surface area contributed by atoms with E-state index >= 15 is 0 Å². The lowest BCUT2D eigenvalue weighted by Gasteiger charge is -2.20. The molecule has 1 heterocycles. The molecule has 0 aliphatic carbocycles. The van der Waals surface area contributed by atoms with E-state index in [0.717, 1.165) is 11.8 Å². The Morgan fingerprint density at radius 2 is 2.20 bits per heavy atom. The molecular weight excluding hydrogens is 278 g/mol. The number of aromatic nitrogens is 2. The Morgan fingerprint density at radius 1 is 1.55 bits per heavy atom. The van der Waals surface area contributed by atoms with E-state index in [1.807, 2.05) is 20.8 Å². The van der Waals surface area contributed by atoms with Gasteiger partial charge < -0.3 is 15.4 Å². The fourth-order valence-corrected chi connectivity index (χ4v) is 2.11. The molecule has 0 aliphatic rings. The molecule has 6 nitrogen and oxygen atoms in total. The predicted molar refractivity (Wildman–Crippen MR) is 79.0 cm³/mol. The Balaban J connectivity index is 2.73. The van der Waals surface area contributed by atoms with Crippen LogP contribution in [-0.4, -0.2) is 32.3 Å². The van der Waals surface area contributed by atoms with Gasteiger partial charge in [0.15, 0.2) is 5.16 Å². The number of hydrogen-bond donors (Lipinski definition) is 3. The maximum absolute atomic E-state index is 11.7. The summed E-state index contributed by atoms with van der Waals surface area (Å²) in [6.45, 7) is 9.15. The van der Waals surface area contributed by atoms with Gasteiger partial charge in [-0.2, -0.15) is 4.98 Å². The first-order valence-electron chi connectivity index (χ1n) is 6.10. The van der Waals surface area contributed by atoms with Crippen LogP contribution in [-0.2, 0) is 11.2 Å². The summed E-state index contributed by atoms with van der Waals surface area (Å²) in [5.41, 5.74) is -0.561. The van der Waals surface area contributed by atoms with Crippen LogP contribution in [0.3, 0.4) is 0 Å². The van der Waals surface area contributed by atoms with Crippen molar-refractivity contribution in [2.75, 3.05) is 5.75 Å². The highest BCUT2D eigenvalue weighted by Gasteiger charge is 2.15. The Bertz CT molecular complexity index is 561. The second-order valence-electron chi connectivity index (χ2n) is 5.25. The van der Waals surface area contributed by atoms with Gasteiger partial charge in [0.2, 0.25) is 11.8 Å². The second-order valence-corrected chi connectivity index (χ2v) is 6.22. The van der Waals surface area contributed by atoms with Crippen LogP contribution in [0.2, 0.25) is 0 Å². The zero-order valence-corrected chi connectivity index (χ0v) is 12.6. The van der Waals surface area contributed by atoms with Crippen molar-refractivity contribution in [3.05, 3.63) is 28.6 Å². The highest BCUT2D eigenvalue weighted by atomic mass is 32.2. The van der Waals surface area contributed by atoms with Crippen molar-refractivity contribution in [1.82, 2.24) is 15.3 Å². The lowest BCUT2D eigenvalue weighted by Crippen LogP contribution is -2.41. The van der Waals surface area contributed by atoms with Crippen LogP contribution >= 0.6 is 11.8 Å². The van der Waals surface area contributed by atoms with E-state index in [-0.39, 0.29) is 40.2 Å². The first-order chi connectivity index (χ1) is 9.23. The molecule has 20 heavy (non-hydrogen) atoms. The van der Waals surface area contributed by atoms with Crippen molar-refractivity contribution in [2.24, 2.45) is 0 Å². The van der Waals surface area contributed by atoms with Crippen LogP contribution < -0.4 is 10.9 Å². The van der Waals surface area contributed by atoms with E-state index in [0.29, 0.717) is 0 Å². The quantitative estimate of drug-likeness (QED) is 0.431. The van der Waals surface area contributed by atoms with Crippen molar-refractivity contribution in [3.8, 4) is 5.88 Å². The molecule has 7 heteroatoms. The maximum Gasteiger partial charge on any atom is 0.258 e. The van der Waals surface area contributed by atoms with Gasteiger partial charge in [0.05, 0.1) is 11.3 Å². The minimum atomic E-state index is -0.420. The summed E-state index contributed by atoms with van der Waals surface area (Å²) in [6, 6.07) is 0. The van der Waals surface area contributed by atoms with Crippen LogP contribution in [0.4, 0.5) is 0 Å². The first kappa shape index (κ1) is 16.3. The number of nitrogens with one attached hydrogen (secondary N) is 2. The molecule has 1 aromatic heterocycles. The molecule has 110 valence electrons. The maximum atomic E-state index is 11.7. The van der Waals surface area contributed by atoms with Gasteiger partial charge in [-0.15, -0.1) is 6.58 Å². The molecule has 0 fully saturated rings. The fraction of sp³-hybridized carbons (Fsp3) is 0.462. The number of nitrogens with zero attached hydrogens (tertiary/aromatic N) is 1. The van der Waals surface area contributed by atoms with Gasteiger partial charge in [-0.25, -0.2) is 0 Å². The van der Waals surface area contributed by atoms with Crippen LogP contribution in [0.1, 0.15) is 26.3 Å². The number of H-pyrrole nitrogens is 1. The zero-order valence-electron chi connectivity index (χ0n) is 11.8. The molecule has 0 spiro atoms. The molecule has 0 saturated carbocycles. The lowest BCUT2D eigenvalue weighted by molar-refractivity contribution is -0.119. The molecule has 0 aliphatic heterocycles. The molecule has 0 atom stereocenters. The first-order valence-corrected chi connectivity index (χ1v) is 7.08. The van der Waals surface area contributed by atoms with Crippen molar-refractivity contribution in [1.29, 1.82) is 0 Å². The minimum Gasteiger partial charge on any atom is -0.493 e. The Labute approximate surface area is 121 Å². The monoisotopic (exact) mass is 297 g/mol. The summed E-state index contributed by atoms with van der Waals surface area (Å²) in [5, 5.41) is 12.7. The number of carbonyl (C=O) groups is 1. The third kappa shape index (κ3) is 5.08. The molecule has 0 saturated heterocycles. The molecule has 1 aromatic rings. The van der Waals surface area contributed by atoms with Gasteiger partial charge >= 0.3 is 0 Å². The van der Waals surface area contributed by atoms with Gasteiger partial charge in [-0.05, 0) is 20.8 Å². The Kier molecular flexibility index (Phi) is 5.38. The Hall–Kier alpha value is -1.76. The van der Waals surface area contributed by atoms with E-state index < -0.39 is 5.56 Å². The smallest absolute Gasteiger partial charge is 0.258 e. The molecule has 0 unspecified atom stereocenters. The number of carbonyl (C=O) groups excluding carboxylic acids is 1. The highest BCUT2D eigenvalue weighted by Crippen LogP contribution is 2.17. The standard InChI is InChI=1S/C13H19N3O3S/c1-5-6-8-10(18)14-12(15-11(8)19)20-7-9(17)16-13(2,3)4/h5H,1,6-7H2,2-4H3,(H,16,17)(H2,14,15,18,19). The third-order valence-electron chi connectivity index (χ3n) is 2.17. The number of aromatic hydroxyl groups is 1. The van der Waals surface area contributed by atoms with Crippen LogP contribution in [0.25, 0.3) is 0 Å². The summed E-state index contributed by atoms with van der Waals surface area (Å²) in [5.74, 6) is -0.382. The third-order valence-corrected chi connectivity index (χ3v) is 3.05. The van der Waals surface area contributed by atoms with Gasteiger partial charge in [-0.3, -0.25) is 9.59 Å². The molecule has 0 radical (unpaired) electrons. The summed E-state index contributed by atoms with van der Waals surface area (Å²) in [4.78, 5) is 29.7. The van der Waals surface area contributed by atoms with E-state index in [1.54, 1.807) is 0 Å². The molecule has 1 rings (SSSR count). The number of hydrogen-bond acceptors (Lipinski definition) is 5. The minimum absolute atomic E-state index is 0.112. The predicted octanol–water partition coefficient (Wildman–Crippen LogP) is 1.21. The van der Waals surface area contributed by atoms with Crippen molar-refractivity contribution >= 4 is 17.7 Å². The number of allylic oxidation sites excluding steroid dienone is 1. The van der Waals surface area contributed by atoms with E-state index in [2.05, 4.69) is 21.9 Å². The van der Waals surface area contributed by atoms with Gasteiger partial charge in [0.1, 0.15) is 0 Å². The average molecular weight is 297 g/mol. The van der Waals surface area contributed by atoms with E-state index in [4.69, 9.17) is 0 Å². The van der Waals surface area contributed by atoms with Crippen molar-refractivity contribution < 1.29 is 9.90 Å². The molecular formula is C13H19N3O3S. The molecule has 1 amide bonds. The number of thioether (sulfide) groups is 1. The number of rotatable bonds is 5. The lowest BCUT2D eigenvalue weighted by atomic mass is 10.1. The van der Waals surface area contributed by atoms with Crippen LogP contribution in [0, 0.1) is 0 Å². The van der Waals surface area contributed by atoms with Crippen LogP contribution in [0.15, 0.2) is 22.6 Å². The zero-order chi connectivity index (χ0) is 15.3. The largest absolute Gasteiger partial charge is 0.493 e. The molecule has 0 aromatic carbocycles. The SMILES string of the molecule is C=CCc1c(O)nc(SCC(=O)NC(C)(C)C)[nH]c1=O. The highest BCUT2D eigenvalue weighted by molar-refractivity contribution is 7.99. The normalized spacial score (nSPS) is 11.2. The molecule has 3 N–H and O–H groups in total. The number of aromatic amines is 1. The Morgan fingerprint density at radius 3 is 2.70 bits per heavy atom. The summed E-state index contributed by atoms with van der Waals surface area (Å²) in [6.07, 6.45) is 1.75. The van der Waals surface area contributed by atoms with Gasteiger partial charge in [0.25, 0.3) is 5.56 Å².